The number of esters is 1. The molecule has 0 radical (unpaired) electrons. The molecular weight excluding hydrogens is 209 g/mol. The van der Waals surface area contributed by atoms with E-state index in [1.165, 1.54) is 13.2 Å². The molecule has 4 heteroatoms. The van der Waals surface area contributed by atoms with E-state index in [0.29, 0.717) is 11.1 Å². The molecule has 0 aliphatic heterocycles. The van der Waals surface area contributed by atoms with Gasteiger partial charge >= 0.3 is 5.97 Å². The molecule has 0 fully saturated rings. The lowest BCUT2D eigenvalue weighted by Crippen LogP contribution is -2.36. The van der Waals surface area contributed by atoms with Crippen LogP contribution in [0.3, 0.4) is 0 Å². The summed E-state index contributed by atoms with van der Waals surface area (Å²) >= 11 is 0. The van der Waals surface area contributed by atoms with Crippen LogP contribution in [-0.2, 0) is 15.1 Å². The summed E-state index contributed by atoms with van der Waals surface area (Å²) in [6, 6.07) is 4.73. The third-order valence-electron chi connectivity index (χ3n) is 2.57. The van der Waals surface area contributed by atoms with Crippen LogP contribution >= 0.6 is 0 Å². The van der Waals surface area contributed by atoms with Crippen molar-refractivity contribution in [3.63, 3.8) is 0 Å². The summed E-state index contributed by atoms with van der Waals surface area (Å²) in [5.41, 5.74) is 6.19. The van der Waals surface area contributed by atoms with E-state index in [9.17, 15) is 9.18 Å². The molecule has 0 aromatic heterocycles. The molecule has 0 aliphatic carbocycles. The number of rotatable bonds is 3. The number of ether oxygens (including phenoxy) is 1. The Labute approximate surface area is 94.4 Å². The van der Waals surface area contributed by atoms with Crippen LogP contribution in [0.15, 0.2) is 18.2 Å². The first-order valence-corrected chi connectivity index (χ1v) is 4.99. The Morgan fingerprint density at radius 3 is 2.69 bits per heavy atom. The number of halogens is 1. The summed E-state index contributed by atoms with van der Waals surface area (Å²) in [6.45, 7) is 3.35. The topological polar surface area (TPSA) is 52.3 Å². The fourth-order valence-electron chi connectivity index (χ4n) is 1.42. The molecule has 0 aliphatic rings. The Hall–Kier alpha value is -1.42. The standard InChI is InChI=1S/C12H16FNO2/c1-8-4-5-9(6-10(8)13)12(2,14)7-11(15)16-3/h4-6H,7,14H2,1-3H3. The normalized spacial score (nSPS) is 14.3. The highest BCUT2D eigenvalue weighted by atomic mass is 19.1. The van der Waals surface area contributed by atoms with E-state index in [1.807, 2.05) is 0 Å². The quantitative estimate of drug-likeness (QED) is 0.799. The van der Waals surface area contributed by atoms with Crippen LogP contribution in [0.4, 0.5) is 4.39 Å². The summed E-state index contributed by atoms with van der Waals surface area (Å²) in [5, 5.41) is 0. The minimum atomic E-state index is -0.915. The van der Waals surface area contributed by atoms with Gasteiger partial charge in [0.15, 0.2) is 0 Å². The van der Waals surface area contributed by atoms with Gasteiger partial charge in [-0.1, -0.05) is 12.1 Å². The summed E-state index contributed by atoms with van der Waals surface area (Å²) < 4.78 is 17.9. The van der Waals surface area contributed by atoms with Crippen molar-refractivity contribution in [1.29, 1.82) is 0 Å². The number of aryl methyl sites for hydroxylation is 1. The highest BCUT2D eigenvalue weighted by Crippen LogP contribution is 2.23. The van der Waals surface area contributed by atoms with E-state index in [4.69, 9.17) is 5.73 Å². The minimum absolute atomic E-state index is 0.0198. The zero-order chi connectivity index (χ0) is 12.3. The van der Waals surface area contributed by atoms with Crippen LogP contribution < -0.4 is 5.73 Å². The minimum Gasteiger partial charge on any atom is -0.469 e. The SMILES string of the molecule is COC(=O)CC(C)(N)c1ccc(C)c(F)c1. The number of carbonyl (C=O) groups is 1. The predicted molar refractivity (Wildman–Crippen MR) is 59.3 cm³/mol. The van der Waals surface area contributed by atoms with Crippen molar-refractivity contribution in [3.05, 3.63) is 35.1 Å². The molecule has 2 N–H and O–H groups in total. The maximum atomic E-state index is 13.4. The Kier molecular flexibility index (Phi) is 3.65. The van der Waals surface area contributed by atoms with Crippen molar-refractivity contribution in [2.45, 2.75) is 25.8 Å². The smallest absolute Gasteiger partial charge is 0.307 e. The zero-order valence-electron chi connectivity index (χ0n) is 9.71. The number of nitrogens with two attached hydrogens (primary N) is 1. The molecule has 0 spiro atoms. The Balaban J connectivity index is 2.97. The van der Waals surface area contributed by atoms with Crippen LogP contribution in [0.25, 0.3) is 0 Å². The third-order valence-corrected chi connectivity index (χ3v) is 2.57. The van der Waals surface area contributed by atoms with Gasteiger partial charge in [-0.05, 0) is 31.0 Å². The molecule has 1 rings (SSSR count). The van der Waals surface area contributed by atoms with Crippen LogP contribution in [0.1, 0.15) is 24.5 Å². The molecule has 0 amide bonds. The fraction of sp³-hybridized carbons (Fsp3) is 0.417. The van der Waals surface area contributed by atoms with E-state index in [-0.39, 0.29) is 12.2 Å². The van der Waals surface area contributed by atoms with Gasteiger partial charge in [-0.2, -0.15) is 0 Å². The van der Waals surface area contributed by atoms with Gasteiger partial charge in [-0.25, -0.2) is 4.39 Å². The first kappa shape index (κ1) is 12.6. The van der Waals surface area contributed by atoms with E-state index >= 15 is 0 Å². The molecule has 16 heavy (non-hydrogen) atoms. The lowest BCUT2D eigenvalue weighted by atomic mass is 9.89. The molecule has 0 saturated heterocycles. The number of hydrogen-bond acceptors (Lipinski definition) is 3. The predicted octanol–water partition coefficient (Wildman–Crippen LogP) is 1.87. The molecule has 1 unspecified atom stereocenters. The van der Waals surface area contributed by atoms with Gasteiger partial charge in [0.05, 0.1) is 13.5 Å². The van der Waals surface area contributed by atoms with E-state index in [2.05, 4.69) is 4.74 Å². The monoisotopic (exact) mass is 225 g/mol. The van der Waals surface area contributed by atoms with Gasteiger partial charge in [-0.3, -0.25) is 4.79 Å². The van der Waals surface area contributed by atoms with Crippen molar-refractivity contribution in [3.8, 4) is 0 Å². The lowest BCUT2D eigenvalue weighted by molar-refractivity contribution is -0.141. The molecular formula is C12H16FNO2. The number of benzene rings is 1. The van der Waals surface area contributed by atoms with Crippen LogP contribution in [0.2, 0.25) is 0 Å². The molecule has 88 valence electrons. The molecule has 1 aromatic carbocycles. The van der Waals surface area contributed by atoms with Crippen molar-refractivity contribution in [2.24, 2.45) is 5.73 Å². The highest BCUT2D eigenvalue weighted by Gasteiger charge is 2.26. The van der Waals surface area contributed by atoms with Crippen molar-refractivity contribution < 1.29 is 13.9 Å². The fourth-order valence-corrected chi connectivity index (χ4v) is 1.42. The maximum absolute atomic E-state index is 13.4. The number of carbonyl (C=O) groups excluding carboxylic acids is 1. The molecule has 0 bridgehead atoms. The average Bonchev–Trinajstić information content (AvgIpc) is 2.21. The maximum Gasteiger partial charge on any atom is 0.307 e. The molecule has 0 saturated carbocycles. The zero-order valence-corrected chi connectivity index (χ0v) is 9.71. The van der Waals surface area contributed by atoms with Gasteiger partial charge in [0, 0.05) is 5.54 Å². The van der Waals surface area contributed by atoms with E-state index in [0.717, 1.165) is 0 Å². The highest BCUT2D eigenvalue weighted by molar-refractivity contribution is 5.71. The first-order chi connectivity index (χ1) is 7.36. The van der Waals surface area contributed by atoms with Gasteiger partial charge in [0.2, 0.25) is 0 Å². The molecule has 1 atom stereocenters. The Bertz CT molecular complexity index is 402. The Morgan fingerprint density at radius 1 is 1.56 bits per heavy atom. The van der Waals surface area contributed by atoms with Gasteiger partial charge < -0.3 is 10.5 Å². The van der Waals surface area contributed by atoms with E-state index in [1.54, 1.807) is 26.0 Å². The van der Waals surface area contributed by atoms with Gasteiger partial charge in [-0.15, -0.1) is 0 Å². The average molecular weight is 225 g/mol. The third kappa shape index (κ3) is 2.79. The number of hydrogen-bond donors (Lipinski definition) is 1. The second kappa shape index (κ2) is 4.61. The molecule has 1 aromatic rings. The van der Waals surface area contributed by atoms with Gasteiger partial charge in [0.25, 0.3) is 0 Å². The van der Waals surface area contributed by atoms with E-state index < -0.39 is 11.5 Å². The van der Waals surface area contributed by atoms with Crippen LogP contribution in [0.5, 0.6) is 0 Å². The van der Waals surface area contributed by atoms with Crippen molar-refractivity contribution in [1.82, 2.24) is 0 Å². The second-order valence-electron chi connectivity index (χ2n) is 4.13. The molecule has 0 heterocycles. The summed E-state index contributed by atoms with van der Waals surface area (Å²) in [6.07, 6.45) is 0.0198. The van der Waals surface area contributed by atoms with Crippen molar-refractivity contribution in [2.75, 3.05) is 7.11 Å². The largest absolute Gasteiger partial charge is 0.469 e. The summed E-state index contributed by atoms with van der Waals surface area (Å²) in [7, 11) is 1.30. The Morgan fingerprint density at radius 2 is 2.19 bits per heavy atom. The second-order valence-corrected chi connectivity index (χ2v) is 4.13. The molecule has 3 nitrogen and oxygen atoms in total. The van der Waals surface area contributed by atoms with Gasteiger partial charge in [0.1, 0.15) is 5.82 Å². The van der Waals surface area contributed by atoms with Crippen LogP contribution in [-0.4, -0.2) is 13.1 Å². The van der Waals surface area contributed by atoms with Crippen molar-refractivity contribution >= 4 is 5.97 Å². The van der Waals surface area contributed by atoms with Crippen LogP contribution in [0, 0.1) is 12.7 Å². The lowest BCUT2D eigenvalue weighted by Gasteiger charge is -2.24. The summed E-state index contributed by atoms with van der Waals surface area (Å²) in [4.78, 5) is 11.2. The number of methoxy groups -OCH3 is 1. The first-order valence-electron chi connectivity index (χ1n) is 4.99. The summed E-state index contributed by atoms with van der Waals surface area (Å²) in [5.74, 6) is -0.731.